The number of halogens is 1. The lowest BCUT2D eigenvalue weighted by Crippen LogP contribution is -2.36. The molecule has 0 radical (unpaired) electrons. The van der Waals surface area contributed by atoms with Gasteiger partial charge in [0.1, 0.15) is 0 Å². The number of carbonyl (C=O) groups excluding carboxylic acids is 1. The fourth-order valence-corrected chi connectivity index (χ4v) is 3.96. The summed E-state index contributed by atoms with van der Waals surface area (Å²) in [5.41, 5.74) is -0.211. The van der Waals surface area contributed by atoms with Gasteiger partial charge in [-0.15, -0.1) is 0 Å². The van der Waals surface area contributed by atoms with Crippen LogP contribution in [0.15, 0.2) is 58.2 Å². The van der Waals surface area contributed by atoms with E-state index in [0.29, 0.717) is 15.8 Å². The quantitative estimate of drug-likeness (QED) is 0.584. The number of rotatable bonds is 6. The van der Waals surface area contributed by atoms with E-state index < -0.39 is 15.9 Å². The molecule has 0 spiro atoms. The van der Waals surface area contributed by atoms with Crippen LogP contribution in [0.25, 0.3) is 10.8 Å². The average Bonchev–Trinajstić information content (AvgIpc) is 2.68. The van der Waals surface area contributed by atoms with E-state index in [-0.39, 0.29) is 29.2 Å². The Bertz CT molecular complexity index is 1210. The van der Waals surface area contributed by atoms with Crippen molar-refractivity contribution in [1.82, 2.24) is 19.8 Å². The van der Waals surface area contributed by atoms with E-state index in [1.165, 1.54) is 25.2 Å². The molecule has 1 heterocycles. The first kappa shape index (κ1) is 20.0. The molecule has 0 atom stereocenters. The van der Waals surface area contributed by atoms with Gasteiger partial charge in [-0.25, -0.2) is 17.8 Å². The summed E-state index contributed by atoms with van der Waals surface area (Å²) < 4.78 is 27.9. The Kier molecular flexibility index (Phi) is 5.78. The molecule has 0 fully saturated rings. The molecule has 0 bridgehead atoms. The molecule has 0 saturated heterocycles. The van der Waals surface area contributed by atoms with E-state index in [0.717, 1.165) is 4.68 Å². The molecule has 0 aliphatic carbocycles. The van der Waals surface area contributed by atoms with Gasteiger partial charge in [0.2, 0.25) is 10.0 Å². The van der Waals surface area contributed by atoms with Crippen LogP contribution >= 0.6 is 11.6 Å². The largest absolute Gasteiger partial charge is 0.349 e. The van der Waals surface area contributed by atoms with E-state index in [4.69, 9.17) is 11.6 Å². The second-order valence-electron chi connectivity index (χ2n) is 5.93. The number of benzene rings is 2. The monoisotopic (exact) mass is 420 g/mol. The van der Waals surface area contributed by atoms with Crippen LogP contribution in [0.1, 0.15) is 10.5 Å². The van der Waals surface area contributed by atoms with Crippen molar-refractivity contribution in [3.8, 4) is 0 Å². The Labute approximate surface area is 166 Å². The Balaban J connectivity index is 1.68. The van der Waals surface area contributed by atoms with Gasteiger partial charge in [0.25, 0.3) is 11.5 Å². The highest BCUT2D eigenvalue weighted by molar-refractivity contribution is 7.89. The molecule has 28 heavy (non-hydrogen) atoms. The van der Waals surface area contributed by atoms with Crippen LogP contribution in [0.4, 0.5) is 0 Å². The number of aromatic nitrogens is 2. The van der Waals surface area contributed by atoms with Gasteiger partial charge in [-0.1, -0.05) is 35.9 Å². The summed E-state index contributed by atoms with van der Waals surface area (Å²) in [7, 11) is -2.28. The average molecular weight is 421 g/mol. The maximum Gasteiger partial charge on any atom is 0.274 e. The fraction of sp³-hybridized carbons (Fsp3) is 0.167. The summed E-state index contributed by atoms with van der Waals surface area (Å²) in [5, 5.41) is 7.75. The topological polar surface area (TPSA) is 110 Å². The van der Waals surface area contributed by atoms with Crippen molar-refractivity contribution in [2.24, 2.45) is 7.05 Å². The molecule has 146 valence electrons. The van der Waals surface area contributed by atoms with Gasteiger partial charge >= 0.3 is 0 Å². The fourth-order valence-electron chi connectivity index (χ4n) is 2.63. The van der Waals surface area contributed by atoms with E-state index in [1.807, 2.05) is 0 Å². The van der Waals surface area contributed by atoms with Crippen LogP contribution in [0.2, 0.25) is 5.02 Å². The van der Waals surface area contributed by atoms with E-state index >= 15 is 0 Å². The molecule has 0 unspecified atom stereocenters. The molecule has 10 heteroatoms. The van der Waals surface area contributed by atoms with Gasteiger partial charge in [0, 0.05) is 30.5 Å². The van der Waals surface area contributed by atoms with Crippen LogP contribution in [-0.4, -0.2) is 37.2 Å². The zero-order valence-electron chi connectivity index (χ0n) is 14.8. The lowest BCUT2D eigenvalue weighted by Gasteiger charge is -2.10. The molecule has 0 aliphatic rings. The molecule has 1 aromatic heterocycles. The summed E-state index contributed by atoms with van der Waals surface area (Å²) >= 11 is 5.81. The number of fused-ring (bicyclic) bond motifs is 1. The first-order valence-electron chi connectivity index (χ1n) is 8.29. The normalized spacial score (nSPS) is 11.5. The van der Waals surface area contributed by atoms with Crippen molar-refractivity contribution >= 4 is 38.3 Å². The van der Waals surface area contributed by atoms with E-state index in [9.17, 15) is 18.0 Å². The first-order valence-corrected chi connectivity index (χ1v) is 10.2. The van der Waals surface area contributed by atoms with Gasteiger partial charge < -0.3 is 5.32 Å². The van der Waals surface area contributed by atoms with E-state index in [2.05, 4.69) is 15.1 Å². The number of hydrogen-bond acceptors (Lipinski definition) is 5. The first-order chi connectivity index (χ1) is 13.3. The summed E-state index contributed by atoms with van der Waals surface area (Å²) in [5.74, 6) is -0.506. The van der Waals surface area contributed by atoms with Crippen molar-refractivity contribution in [1.29, 1.82) is 0 Å². The van der Waals surface area contributed by atoms with Crippen molar-refractivity contribution in [3.63, 3.8) is 0 Å². The lowest BCUT2D eigenvalue weighted by atomic mass is 10.1. The van der Waals surface area contributed by atoms with Crippen LogP contribution in [0.3, 0.4) is 0 Å². The second-order valence-corrected chi connectivity index (χ2v) is 8.14. The van der Waals surface area contributed by atoms with Crippen molar-refractivity contribution < 1.29 is 13.2 Å². The maximum atomic E-state index is 12.5. The predicted octanol–water partition coefficient (Wildman–Crippen LogP) is 1.30. The predicted molar refractivity (Wildman–Crippen MR) is 106 cm³/mol. The lowest BCUT2D eigenvalue weighted by molar-refractivity contribution is 0.0949. The van der Waals surface area contributed by atoms with Crippen LogP contribution in [0.5, 0.6) is 0 Å². The zero-order valence-corrected chi connectivity index (χ0v) is 16.4. The Morgan fingerprint density at radius 1 is 1.11 bits per heavy atom. The highest BCUT2D eigenvalue weighted by Gasteiger charge is 2.16. The molecule has 3 rings (SSSR count). The minimum Gasteiger partial charge on any atom is -0.349 e. The third kappa shape index (κ3) is 4.22. The zero-order chi connectivity index (χ0) is 20.3. The third-order valence-electron chi connectivity index (χ3n) is 3.98. The molecule has 0 aliphatic heterocycles. The summed E-state index contributed by atoms with van der Waals surface area (Å²) in [6, 6.07) is 12.5. The van der Waals surface area contributed by atoms with Crippen molar-refractivity contribution in [3.05, 3.63) is 69.6 Å². The van der Waals surface area contributed by atoms with Crippen LogP contribution in [0, 0.1) is 0 Å². The number of amides is 1. The number of carbonyl (C=O) groups is 1. The summed E-state index contributed by atoms with van der Waals surface area (Å²) in [6.45, 7) is 0.0156. The molecule has 8 nitrogen and oxygen atoms in total. The van der Waals surface area contributed by atoms with Gasteiger partial charge in [-0.2, -0.15) is 5.10 Å². The van der Waals surface area contributed by atoms with Gasteiger partial charge in [0.15, 0.2) is 5.69 Å². The van der Waals surface area contributed by atoms with Crippen molar-refractivity contribution in [2.45, 2.75) is 4.90 Å². The highest BCUT2D eigenvalue weighted by atomic mass is 35.5. The minimum atomic E-state index is -3.74. The number of sulfonamides is 1. The molecule has 3 aromatic rings. The molecular formula is C18H17ClN4O4S. The number of nitrogens with one attached hydrogen (secondary N) is 2. The third-order valence-corrected chi connectivity index (χ3v) is 5.67. The smallest absolute Gasteiger partial charge is 0.274 e. The molecule has 0 saturated carbocycles. The Morgan fingerprint density at radius 3 is 2.54 bits per heavy atom. The number of aryl methyl sites for hydroxylation is 1. The second kappa shape index (κ2) is 8.09. The van der Waals surface area contributed by atoms with Gasteiger partial charge in [-0.3, -0.25) is 9.59 Å². The van der Waals surface area contributed by atoms with Crippen LogP contribution < -0.4 is 15.6 Å². The van der Waals surface area contributed by atoms with Gasteiger partial charge in [0.05, 0.1) is 10.3 Å². The highest BCUT2D eigenvalue weighted by Crippen LogP contribution is 2.15. The Hall–Kier alpha value is -2.75. The van der Waals surface area contributed by atoms with Crippen molar-refractivity contribution in [2.75, 3.05) is 13.1 Å². The maximum absolute atomic E-state index is 12.5. The summed E-state index contributed by atoms with van der Waals surface area (Å²) in [6.07, 6.45) is 0. The Morgan fingerprint density at radius 2 is 1.82 bits per heavy atom. The molecular weight excluding hydrogens is 404 g/mol. The van der Waals surface area contributed by atoms with Crippen LogP contribution in [-0.2, 0) is 17.1 Å². The minimum absolute atomic E-state index is 0.0235. The SMILES string of the molecule is Cn1nc(C(=O)NCCNS(=O)(=O)c2cccc(Cl)c2)c2ccccc2c1=O. The number of nitrogens with zero attached hydrogens (tertiary/aromatic N) is 2. The number of hydrogen-bond donors (Lipinski definition) is 2. The van der Waals surface area contributed by atoms with E-state index in [1.54, 1.807) is 30.3 Å². The molecule has 2 N–H and O–H groups in total. The standard InChI is InChI=1S/C18H17ClN4O4S/c1-23-18(25)15-8-3-2-7-14(15)16(22-23)17(24)20-9-10-21-28(26,27)13-6-4-5-12(19)11-13/h2-8,11,21H,9-10H2,1H3,(H,20,24). The van der Waals surface area contributed by atoms with Gasteiger partial charge in [-0.05, 0) is 24.3 Å². The molecule has 1 amide bonds. The molecule has 2 aromatic carbocycles. The summed E-state index contributed by atoms with van der Waals surface area (Å²) in [4.78, 5) is 24.6.